The SMILES string of the molecule is C[C@@H](NC(=O)COC(=O)CC12CC3CC(CC(C3)C1)C2)c1cccc(Cl)c1. The molecule has 5 rings (SSSR count). The van der Waals surface area contributed by atoms with E-state index in [2.05, 4.69) is 5.32 Å². The molecule has 4 aliphatic rings. The van der Waals surface area contributed by atoms with Crippen molar-refractivity contribution >= 4 is 23.5 Å². The fourth-order valence-electron chi connectivity index (χ4n) is 6.15. The summed E-state index contributed by atoms with van der Waals surface area (Å²) in [6.45, 7) is 1.68. The number of halogens is 1. The normalized spacial score (nSPS) is 32.1. The summed E-state index contributed by atoms with van der Waals surface area (Å²) in [7, 11) is 0. The lowest BCUT2D eigenvalue weighted by Crippen LogP contribution is -2.47. The van der Waals surface area contributed by atoms with Gasteiger partial charge in [-0.2, -0.15) is 0 Å². The zero-order valence-electron chi connectivity index (χ0n) is 15.9. The third-order valence-electron chi connectivity index (χ3n) is 6.77. The van der Waals surface area contributed by atoms with Crippen molar-refractivity contribution in [1.82, 2.24) is 5.32 Å². The van der Waals surface area contributed by atoms with Crippen LogP contribution in [0.25, 0.3) is 0 Å². The topological polar surface area (TPSA) is 55.4 Å². The molecule has 4 aliphatic carbocycles. The molecular formula is C22H28ClNO3. The number of esters is 1. The van der Waals surface area contributed by atoms with E-state index in [4.69, 9.17) is 16.3 Å². The lowest BCUT2D eigenvalue weighted by atomic mass is 9.49. The van der Waals surface area contributed by atoms with E-state index in [1.165, 1.54) is 38.5 Å². The Morgan fingerprint density at radius 2 is 1.81 bits per heavy atom. The Morgan fingerprint density at radius 3 is 2.41 bits per heavy atom. The van der Waals surface area contributed by atoms with E-state index in [1.807, 2.05) is 25.1 Å². The number of nitrogens with one attached hydrogen (secondary N) is 1. The van der Waals surface area contributed by atoms with Gasteiger partial charge in [0.2, 0.25) is 0 Å². The van der Waals surface area contributed by atoms with Gasteiger partial charge in [-0.15, -0.1) is 0 Å². The lowest BCUT2D eigenvalue weighted by molar-refractivity contribution is -0.155. The van der Waals surface area contributed by atoms with Gasteiger partial charge in [-0.1, -0.05) is 23.7 Å². The maximum atomic E-state index is 12.4. The van der Waals surface area contributed by atoms with Crippen molar-refractivity contribution in [2.45, 2.75) is 57.9 Å². The molecule has 1 atom stereocenters. The lowest BCUT2D eigenvalue weighted by Gasteiger charge is -2.56. The van der Waals surface area contributed by atoms with Crippen molar-refractivity contribution < 1.29 is 14.3 Å². The third-order valence-corrected chi connectivity index (χ3v) is 7.01. The molecule has 5 heteroatoms. The number of ether oxygens (including phenoxy) is 1. The van der Waals surface area contributed by atoms with Gasteiger partial charge < -0.3 is 10.1 Å². The fraction of sp³-hybridized carbons (Fsp3) is 0.636. The first-order valence-electron chi connectivity index (χ1n) is 10.1. The van der Waals surface area contributed by atoms with Gasteiger partial charge in [-0.25, -0.2) is 0 Å². The highest BCUT2D eigenvalue weighted by Gasteiger charge is 2.51. The van der Waals surface area contributed by atoms with Crippen LogP contribution in [0, 0.1) is 23.2 Å². The molecule has 1 aromatic rings. The number of benzene rings is 1. The minimum Gasteiger partial charge on any atom is -0.456 e. The summed E-state index contributed by atoms with van der Waals surface area (Å²) < 4.78 is 5.33. The molecule has 0 heterocycles. The van der Waals surface area contributed by atoms with Crippen LogP contribution >= 0.6 is 11.6 Å². The number of hydrogen-bond acceptors (Lipinski definition) is 3. The molecule has 1 N–H and O–H groups in total. The van der Waals surface area contributed by atoms with Gasteiger partial charge in [-0.3, -0.25) is 9.59 Å². The Balaban J connectivity index is 1.25. The Labute approximate surface area is 166 Å². The minimum atomic E-state index is -0.277. The van der Waals surface area contributed by atoms with Gasteiger partial charge in [0.1, 0.15) is 0 Å². The Bertz CT molecular complexity index is 697. The van der Waals surface area contributed by atoms with Gasteiger partial charge in [-0.05, 0) is 86.3 Å². The van der Waals surface area contributed by atoms with E-state index < -0.39 is 0 Å². The van der Waals surface area contributed by atoms with E-state index in [-0.39, 0.29) is 29.9 Å². The maximum Gasteiger partial charge on any atom is 0.306 e. The Morgan fingerprint density at radius 1 is 1.19 bits per heavy atom. The summed E-state index contributed by atoms with van der Waals surface area (Å²) >= 11 is 5.99. The van der Waals surface area contributed by atoms with Crippen LogP contribution in [0.5, 0.6) is 0 Å². The van der Waals surface area contributed by atoms with Gasteiger partial charge >= 0.3 is 5.97 Å². The number of amides is 1. The molecule has 0 aliphatic heterocycles. The Kier molecular flexibility index (Phi) is 5.19. The molecule has 1 aromatic carbocycles. The van der Waals surface area contributed by atoms with Gasteiger partial charge in [0, 0.05) is 5.02 Å². The molecule has 4 bridgehead atoms. The van der Waals surface area contributed by atoms with Crippen LogP contribution in [0.1, 0.15) is 63.5 Å². The average Bonchev–Trinajstić information content (AvgIpc) is 2.58. The van der Waals surface area contributed by atoms with Crippen LogP contribution in [0.4, 0.5) is 0 Å². The van der Waals surface area contributed by atoms with E-state index in [9.17, 15) is 9.59 Å². The van der Waals surface area contributed by atoms with Crippen LogP contribution in [0.3, 0.4) is 0 Å². The first-order valence-corrected chi connectivity index (χ1v) is 10.5. The first-order chi connectivity index (χ1) is 12.9. The maximum absolute atomic E-state index is 12.4. The van der Waals surface area contributed by atoms with E-state index in [1.54, 1.807) is 6.07 Å². The van der Waals surface area contributed by atoms with Crippen molar-refractivity contribution in [3.8, 4) is 0 Å². The van der Waals surface area contributed by atoms with E-state index in [0.29, 0.717) is 11.4 Å². The molecule has 0 radical (unpaired) electrons. The highest BCUT2D eigenvalue weighted by molar-refractivity contribution is 6.30. The quantitative estimate of drug-likeness (QED) is 0.719. The number of carbonyl (C=O) groups excluding carboxylic acids is 2. The third kappa shape index (κ3) is 4.31. The molecule has 146 valence electrons. The number of carbonyl (C=O) groups is 2. The van der Waals surface area contributed by atoms with Crippen LogP contribution in [0.2, 0.25) is 5.02 Å². The summed E-state index contributed by atoms with van der Waals surface area (Å²) in [5, 5.41) is 3.50. The molecule has 1 amide bonds. The van der Waals surface area contributed by atoms with Crippen LogP contribution in [0.15, 0.2) is 24.3 Å². The zero-order chi connectivity index (χ0) is 19.0. The van der Waals surface area contributed by atoms with Crippen molar-refractivity contribution in [3.63, 3.8) is 0 Å². The summed E-state index contributed by atoms with van der Waals surface area (Å²) in [6.07, 6.45) is 8.08. The minimum absolute atomic E-state index is 0.149. The van der Waals surface area contributed by atoms with Crippen molar-refractivity contribution in [3.05, 3.63) is 34.9 Å². The van der Waals surface area contributed by atoms with Gasteiger partial charge in [0.15, 0.2) is 6.61 Å². The Hall–Kier alpha value is -1.55. The predicted octanol–water partition coefficient (Wildman–Crippen LogP) is 4.67. The van der Waals surface area contributed by atoms with Crippen LogP contribution in [-0.2, 0) is 14.3 Å². The summed E-state index contributed by atoms with van der Waals surface area (Å²) in [4.78, 5) is 24.6. The van der Waals surface area contributed by atoms with Crippen molar-refractivity contribution in [2.24, 2.45) is 23.2 Å². The molecule has 4 saturated carbocycles. The number of rotatable bonds is 6. The second kappa shape index (κ2) is 7.46. The van der Waals surface area contributed by atoms with Crippen molar-refractivity contribution in [1.29, 1.82) is 0 Å². The highest BCUT2D eigenvalue weighted by atomic mass is 35.5. The first kappa shape index (κ1) is 18.8. The molecule has 4 fully saturated rings. The smallest absolute Gasteiger partial charge is 0.306 e. The molecule has 0 unspecified atom stereocenters. The molecule has 0 saturated heterocycles. The van der Waals surface area contributed by atoms with Crippen LogP contribution < -0.4 is 5.32 Å². The zero-order valence-corrected chi connectivity index (χ0v) is 16.6. The summed E-state index contributed by atoms with van der Waals surface area (Å²) in [5.74, 6) is 1.94. The van der Waals surface area contributed by atoms with E-state index >= 15 is 0 Å². The van der Waals surface area contributed by atoms with Gasteiger partial charge in [0.05, 0.1) is 12.5 Å². The van der Waals surface area contributed by atoms with E-state index in [0.717, 1.165) is 23.3 Å². The number of hydrogen-bond donors (Lipinski definition) is 1. The fourth-order valence-corrected chi connectivity index (χ4v) is 6.35. The monoisotopic (exact) mass is 389 g/mol. The molecule has 4 nitrogen and oxygen atoms in total. The molecule has 0 spiro atoms. The van der Waals surface area contributed by atoms with Crippen molar-refractivity contribution in [2.75, 3.05) is 6.61 Å². The molecule has 0 aromatic heterocycles. The predicted molar refractivity (Wildman–Crippen MR) is 104 cm³/mol. The highest BCUT2D eigenvalue weighted by Crippen LogP contribution is 2.61. The molecule has 27 heavy (non-hydrogen) atoms. The average molecular weight is 390 g/mol. The second-order valence-corrected chi connectivity index (χ2v) is 9.54. The summed E-state index contributed by atoms with van der Waals surface area (Å²) in [5.41, 5.74) is 1.08. The van der Waals surface area contributed by atoms with Gasteiger partial charge in [0.25, 0.3) is 5.91 Å². The van der Waals surface area contributed by atoms with Crippen LogP contribution in [-0.4, -0.2) is 18.5 Å². The summed E-state index contributed by atoms with van der Waals surface area (Å²) in [6, 6.07) is 7.21. The largest absolute Gasteiger partial charge is 0.456 e. The second-order valence-electron chi connectivity index (χ2n) is 9.10. The molecular weight excluding hydrogens is 362 g/mol. The standard InChI is InChI=1S/C22H28ClNO3/c1-14(18-3-2-4-19(23)8-18)24-20(25)13-27-21(26)12-22-9-15-5-16(10-22)7-17(6-15)11-22/h2-4,8,14-17H,5-7,9-13H2,1H3,(H,24,25)/t14-,15?,16?,17?,22?/m1/s1.